The van der Waals surface area contributed by atoms with Crippen molar-refractivity contribution in [3.05, 3.63) is 47.8 Å². The van der Waals surface area contributed by atoms with E-state index in [1.165, 1.54) is 12.8 Å². The number of nitrogens with zero attached hydrogens (tertiary/aromatic N) is 3. The monoisotopic (exact) mass is 374 g/mol. The minimum atomic E-state index is 0. The molecule has 0 bridgehead atoms. The lowest BCUT2D eigenvalue weighted by atomic mass is 10.0. The second-order valence-corrected chi connectivity index (χ2v) is 7.34. The molecule has 1 aliphatic heterocycles. The second-order valence-electron chi connectivity index (χ2n) is 7.34. The van der Waals surface area contributed by atoms with Crippen molar-refractivity contribution >= 4 is 18.3 Å². The zero-order valence-electron chi connectivity index (χ0n) is 15.2. The van der Waals surface area contributed by atoms with Gasteiger partial charge in [-0.05, 0) is 63.3 Å². The summed E-state index contributed by atoms with van der Waals surface area (Å²) in [6.45, 7) is 4.78. The quantitative estimate of drug-likeness (QED) is 0.874. The highest BCUT2D eigenvalue weighted by Gasteiger charge is 2.27. The molecule has 0 spiro atoms. The normalized spacial score (nSPS) is 17.8. The van der Waals surface area contributed by atoms with Crippen LogP contribution in [0.15, 0.2) is 36.4 Å². The third-order valence-electron chi connectivity index (χ3n) is 5.28. The van der Waals surface area contributed by atoms with E-state index >= 15 is 0 Å². The molecule has 2 aromatic rings. The summed E-state index contributed by atoms with van der Waals surface area (Å²) in [6.07, 6.45) is 4.84. The molecular weight excluding hydrogens is 348 g/mol. The molecule has 0 unspecified atom stereocenters. The average molecular weight is 375 g/mol. The number of carbonyl (C=O) groups excluding carboxylic acids is 1. The van der Waals surface area contributed by atoms with Crippen LogP contribution in [-0.2, 0) is 0 Å². The maximum absolute atomic E-state index is 12.8. The average Bonchev–Trinajstić information content (AvgIpc) is 3.41. The van der Waals surface area contributed by atoms with Crippen molar-refractivity contribution < 1.29 is 4.79 Å². The Morgan fingerprint density at radius 2 is 1.85 bits per heavy atom. The molecule has 6 heteroatoms. The molecule has 1 amide bonds. The minimum absolute atomic E-state index is 0. The van der Waals surface area contributed by atoms with Gasteiger partial charge < -0.3 is 10.2 Å². The van der Waals surface area contributed by atoms with Gasteiger partial charge in [-0.1, -0.05) is 18.2 Å². The highest BCUT2D eigenvalue weighted by atomic mass is 35.5. The zero-order valence-corrected chi connectivity index (χ0v) is 16.0. The van der Waals surface area contributed by atoms with Gasteiger partial charge in [-0.15, -0.1) is 12.4 Å². The van der Waals surface area contributed by atoms with Gasteiger partial charge in [-0.2, -0.15) is 5.10 Å². The summed E-state index contributed by atoms with van der Waals surface area (Å²) in [7, 11) is 0. The summed E-state index contributed by atoms with van der Waals surface area (Å²) in [4.78, 5) is 14.8. The van der Waals surface area contributed by atoms with Crippen LogP contribution >= 0.6 is 12.4 Å². The van der Waals surface area contributed by atoms with Crippen LogP contribution in [0.5, 0.6) is 0 Å². The van der Waals surface area contributed by atoms with Crippen molar-refractivity contribution in [1.82, 2.24) is 20.0 Å². The molecule has 1 aromatic carbocycles. The van der Waals surface area contributed by atoms with Crippen LogP contribution in [0, 0.1) is 12.8 Å². The van der Waals surface area contributed by atoms with Crippen LogP contribution in [0.2, 0.25) is 0 Å². The molecule has 0 radical (unpaired) electrons. The summed E-state index contributed by atoms with van der Waals surface area (Å²) < 4.78 is 1.84. The van der Waals surface area contributed by atoms with Crippen LogP contribution in [0.25, 0.3) is 5.69 Å². The van der Waals surface area contributed by atoms with E-state index in [9.17, 15) is 4.79 Å². The third-order valence-corrected chi connectivity index (χ3v) is 5.28. The number of aryl methyl sites for hydroxylation is 1. The van der Waals surface area contributed by atoms with Crippen LogP contribution < -0.4 is 5.32 Å². The zero-order chi connectivity index (χ0) is 17.2. The number of halogens is 1. The number of aromatic nitrogens is 2. The Morgan fingerprint density at radius 3 is 2.50 bits per heavy atom. The number of piperidine rings is 1. The smallest absolute Gasteiger partial charge is 0.274 e. The Labute approximate surface area is 161 Å². The van der Waals surface area contributed by atoms with E-state index in [0.29, 0.717) is 11.7 Å². The topological polar surface area (TPSA) is 50.2 Å². The number of para-hydroxylation sites is 1. The molecule has 1 N–H and O–H groups in total. The maximum Gasteiger partial charge on any atom is 0.274 e. The van der Waals surface area contributed by atoms with E-state index in [1.807, 2.05) is 52.9 Å². The fraction of sp³-hybridized carbons (Fsp3) is 0.500. The van der Waals surface area contributed by atoms with Gasteiger partial charge in [0.15, 0.2) is 5.69 Å². The van der Waals surface area contributed by atoms with Gasteiger partial charge in [0.2, 0.25) is 0 Å². The van der Waals surface area contributed by atoms with E-state index in [4.69, 9.17) is 0 Å². The fourth-order valence-corrected chi connectivity index (χ4v) is 3.51. The Bertz CT molecular complexity index is 734. The summed E-state index contributed by atoms with van der Waals surface area (Å²) in [5.41, 5.74) is 2.52. The molecule has 2 heterocycles. The standard InChI is InChI=1S/C20H26N4O.ClH/c1-15-13-19(22-24(15)18-5-3-2-4-6-18)20(25)23-11-9-17(10-12-23)21-14-16-7-8-16;/h2-6,13,16-17,21H,7-12,14H2,1H3;1H. The van der Waals surface area contributed by atoms with Crippen molar-refractivity contribution in [1.29, 1.82) is 0 Å². The summed E-state index contributed by atoms with van der Waals surface area (Å²) in [5.74, 6) is 0.961. The van der Waals surface area contributed by atoms with E-state index in [1.54, 1.807) is 0 Å². The predicted molar refractivity (Wildman–Crippen MR) is 105 cm³/mol. The first-order valence-corrected chi connectivity index (χ1v) is 9.35. The van der Waals surface area contributed by atoms with Gasteiger partial charge in [-0.3, -0.25) is 4.79 Å². The van der Waals surface area contributed by atoms with Gasteiger partial charge in [0.1, 0.15) is 0 Å². The molecule has 1 aromatic heterocycles. The molecular formula is C20H27ClN4O. The summed E-state index contributed by atoms with van der Waals surface area (Å²) in [6, 6.07) is 12.4. The molecule has 1 saturated carbocycles. The van der Waals surface area contributed by atoms with E-state index < -0.39 is 0 Å². The molecule has 140 valence electrons. The van der Waals surface area contributed by atoms with Gasteiger partial charge >= 0.3 is 0 Å². The molecule has 0 atom stereocenters. The third kappa shape index (κ3) is 4.27. The Morgan fingerprint density at radius 1 is 1.15 bits per heavy atom. The SMILES string of the molecule is Cc1cc(C(=O)N2CCC(NCC3CC3)CC2)nn1-c1ccccc1.Cl. The lowest BCUT2D eigenvalue weighted by Gasteiger charge is -2.32. The highest BCUT2D eigenvalue weighted by molar-refractivity contribution is 5.92. The van der Waals surface area contributed by atoms with Crippen LogP contribution in [0.3, 0.4) is 0 Å². The predicted octanol–water partition coefficient (Wildman–Crippen LogP) is 3.21. The fourth-order valence-electron chi connectivity index (χ4n) is 3.51. The largest absolute Gasteiger partial charge is 0.337 e. The molecule has 4 rings (SSSR count). The van der Waals surface area contributed by atoms with E-state index in [-0.39, 0.29) is 18.3 Å². The number of nitrogens with one attached hydrogen (secondary N) is 1. The Balaban J connectivity index is 0.00000196. The molecule has 26 heavy (non-hydrogen) atoms. The maximum atomic E-state index is 12.8. The molecule has 2 aliphatic rings. The van der Waals surface area contributed by atoms with Crippen molar-refractivity contribution in [2.45, 2.75) is 38.6 Å². The molecule has 1 aliphatic carbocycles. The lowest BCUT2D eigenvalue weighted by Crippen LogP contribution is -2.45. The Hall–Kier alpha value is -1.85. The van der Waals surface area contributed by atoms with Gasteiger partial charge in [0.25, 0.3) is 5.91 Å². The number of benzene rings is 1. The first-order chi connectivity index (χ1) is 12.2. The highest BCUT2D eigenvalue weighted by Crippen LogP contribution is 2.28. The first-order valence-electron chi connectivity index (χ1n) is 9.35. The number of amides is 1. The minimum Gasteiger partial charge on any atom is -0.337 e. The number of likely N-dealkylation sites (tertiary alicyclic amines) is 1. The molecule has 2 fully saturated rings. The van der Waals surface area contributed by atoms with E-state index in [2.05, 4.69) is 10.4 Å². The van der Waals surface area contributed by atoms with Crippen molar-refractivity contribution in [3.63, 3.8) is 0 Å². The molecule has 1 saturated heterocycles. The number of hydrogen-bond acceptors (Lipinski definition) is 3. The van der Waals surface area contributed by atoms with Crippen LogP contribution in [0.1, 0.15) is 41.9 Å². The van der Waals surface area contributed by atoms with Crippen molar-refractivity contribution in [2.75, 3.05) is 19.6 Å². The van der Waals surface area contributed by atoms with Gasteiger partial charge in [0.05, 0.1) is 5.69 Å². The lowest BCUT2D eigenvalue weighted by molar-refractivity contribution is 0.0698. The van der Waals surface area contributed by atoms with Crippen LogP contribution in [0.4, 0.5) is 0 Å². The first kappa shape index (κ1) is 18.9. The van der Waals surface area contributed by atoms with Gasteiger partial charge in [0, 0.05) is 24.8 Å². The number of rotatable bonds is 5. The van der Waals surface area contributed by atoms with Crippen LogP contribution in [-0.4, -0.2) is 46.3 Å². The molecule has 5 nitrogen and oxygen atoms in total. The number of hydrogen-bond donors (Lipinski definition) is 1. The van der Waals surface area contributed by atoms with Gasteiger partial charge in [-0.25, -0.2) is 4.68 Å². The second kappa shape index (κ2) is 8.23. The van der Waals surface area contributed by atoms with Crippen molar-refractivity contribution in [3.8, 4) is 5.69 Å². The number of carbonyl (C=O) groups is 1. The Kier molecular flexibility index (Phi) is 5.99. The summed E-state index contributed by atoms with van der Waals surface area (Å²) >= 11 is 0. The van der Waals surface area contributed by atoms with E-state index in [0.717, 1.165) is 49.8 Å². The van der Waals surface area contributed by atoms with Crippen molar-refractivity contribution in [2.24, 2.45) is 5.92 Å². The summed E-state index contributed by atoms with van der Waals surface area (Å²) in [5, 5.41) is 8.21.